The van der Waals surface area contributed by atoms with E-state index in [9.17, 15) is 40.5 Å². The number of aryl methyl sites for hydroxylation is 1. The molecule has 3 aromatic rings. The van der Waals surface area contributed by atoms with Crippen LogP contribution >= 0.6 is 0 Å². The number of allylic oxidation sites excluding steroid dienone is 1. The van der Waals surface area contributed by atoms with E-state index in [0.717, 1.165) is 24.1 Å². The normalized spacial score (nSPS) is 26.6. The van der Waals surface area contributed by atoms with Gasteiger partial charge in [-0.1, -0.05) is 50.5 Å². The predicted molar refractivity (Wildman–Crippen MR) is 233 cm³/mol. The van der Waals surface area contributed by atoms with Crippen LogP contribution in [-0.4, -0.2) is 108 Å². The lowest BCUT2D eigenvalue weighted by Gasteiger charge is -2.57. The van der Waals surface area contributed by atoms with Crippen molar-refractivity contribution in [3.63, 3.8) is 0 Å². The number of hydrogen-bond donors (Lipinski definition) is 8. The molecule has 4 aliphatic heterocycles. The molecule has 2 bridgehead atoms. The van der Waals surface area contributed by atoms with Gasteiger partial charge in [0, 0.05) is 24.6 Å². The van der Waals surface area contributed by atoms with Crippen LogP contribution in [0.4, 0.5) is 0 Å². The van der Waals surface area contributed by atoms with E-state index >= 15 is 0 Å². The van der Waals surface area contributed by atoms with E-state index in [-0.39, 0.29) is 47.5 Å². The maximum atomic E-state index is 13.0. The molecule has 4 heterocycles. The lowest BCUT2D eigenvalue weighted by atomic mass is 9.60. The van der Waals surface area contributed by atoms with E-state index < -0.39 is 53.4 Å². The summed E-state index contributed by atoms with van der Waals surface area (Å²) in [5.41, 5.74) is -1.95. The monoisotopic (exact) mass is 879 g/mol. The number of nitrogens with zero attached hydrogens (tertiary/aromatic N) is 3. The molecule has 1 unspecified atom stereocenters. The van der Waals surface area contributed by atoms with Crippen LogP contribution in [0.3, 0.4) is 0 Å². The zero-order valence-corrected chi connectivity index (χ0v) is 35.3. The van der Waals surface area contributed by atoms with Crippen LogP contribution in [0.25, 0.3) is 5.76 Å². The minimum Gasteiger partial charge on any atom is -0.508 e. The Morgan fingerprint density at radius 3 is 2.45 bits per heavy atom. The molecule has 1 fully saturated rings. The summed E-state index contributed by atoms with van der Waals surface area (Å²) in [6.07, 6.45) is 3.94. The predicted octanol–water partition coefficient (Wildman–Crippen LogP) is 3.84. The average molecular weight is 880 g/mol. The number of ether oxygens (including phenoxy) is 5. The first-order valence-corrected chi connectivity index (χ1v) is 21.2. The summed E-state index contributed by atoms with van der Waals surface area (Å²) >= 11 is 0. The van der Waals surface area contributed by atoms with Crippen molar-refractivity contribution in [2.75, 3.05) is 13.2 Å². The van der Waals surface area contributed by atoms with Crippen molar-refractivity contribution in [1.82, 2.24) is 0 Å². The van der Waals surface area contributed by atoms with Gasteiger partial charge in [-0.05, 0) is 77.4 Å². The van der Waals surface area contributed by atoms with E-state index in [1.54, 1.807) is 42.5 Å². The van der Waals surface area contributed by atoms with Gasteiger partial charge in [0.05, 0.1) is 24.8 Å². The third kappa shape index (κ3) is 8.34. The van der Waals surface area contributed by atoms with Gasteiger partial charge < -0.3 is 59.4 Å². The second-order valence-electron chi connectivity index (χ2n) is 16.4. The number of aliphatic carboxylic acids is 1. The topological polar surface area (TPSA) is 268 Å². The highest BCUT2D eigenvalue weighted by atomic mass is 16.7. The summed E-state index contributed by atoms with van der Waals surface area (Å²) in [7, 11) is 0. The lowest BCUT2D eigenvalue weighted by molar-refractivity contribution is -0.338. The number of rotatable bonds is 17. The molecule has 17 nitrogen and oxygen atoms in total. The standard InChI is InChI=1S/C47H50N4O13/c1-3-5-6-7-28-21-46(58)44(57)47(59,39(28)32-22-49-24-50-32)42(43(55)56)64-45(46)63-36-20-35-38(40(54)41(36)61-23-26-16-25(4-2)17-30(52)18-26)33(53)19-34(62-35)27-8-11-31(12-9-27)60-15-14-29-10-13-37(48)51-29/h8-13,16-21,24,34,39,42,44-45,48,52-54,57-59H,3-7,14-15,22-23H2,1-2H3,(H,55,56)/p+1/t34?,39-,42-,44+,45-,46-,47-/m1/s1. The van der Waals surface area contributed by atoms with Crippen LogP contribution in [0.5, 0.6) is 34.5 Å². The lowest BCUT2D eigenvalue weighted by Crippen LogP contribution is -2.79. The molecule has 1 saturated heterocycles. The number of aliphatic hydroxyl groups is 4. The molecule has 336 valence electrons. The average Bonchev–Trinajstić information content (AvgIpc) is 3.95. The SMILES string of the molecule is CCCCCC1=C[C@]2(O)[C@H](Oc3cc4c(c(O)c3OCc3cc(O)cc(CC)c3)C(O)=CC(c3ccc(OCCC5=NC(=[NH2+])C=C5)cc3)O4)O[C@H](C(=O)O)[C@](O)([C@H]1C1=NC=NC1)[C@H]2O. The minimum atomic E-state index is -2.63. The van der Waals surface area contributed by atoms with Crippen molar-refractivity contribution >= 4 is 35.3 Å². The molecule has 0 spiro atoms. The molecular weight excluding hydrogens is 829 g/mol. The van der Waals surface area contributed by atoms with Gasteiger partial charge in [0.25, 0.3) is 0 Å². The van der Waals surface area contributed by atoms with E-state index in [1.165, 1.54) is 30.6 Å². The van der Waals surface area contributed by atoms with Crippen LogP contribution in [0.15, 0.2) is 93.4 Å². The van der Waals surface area contributed by atoms with Crippen LogP contribution in [0, 0.1) is 5.92 Å². The van der Waals surface area contributed by atoms with Gasteiger partial charge in [-0.3, -0.25) is 10.4 Å². The van der Waals surface area contributed by atoms with Crippen molar-refractivity contribution in [1.29, 1.82) is 0 Å². The van der Waals surface area contributed by atoms with Gasteiger partial charge in [-0.25, -0.2) is 9.79 Å². The maximum absolute atomic E-state index is 13.0. The van der Waals surface area contributed by atoms with Crippen molar-refractivity contribution in [2.45, 2.75) is 94.8 Å². The number of carboxylic acid groups (broad SMARTS) is 1. The quantitative estimate of drug-likeness (QED) is 0.0709. The number of aliphatic hydroxyl groups excluding tert-OH is 2. The molecule has 64 heavy (non-hydrogen) atoms. The third-order valence-corrected chi connectivity index (χ3v) is 12.0. The summed E-state index contributed by atoms with van der Waals surface area (Å²) in [6.45, 7) is 4.06. The Morgan fingerprint density at radius 2 is 1.77 bits per heavy atom. The summed E-state index contributed by atoms with van der Waals surface area (Å²) in [4.78, 5) is 25.7. The Labute approximate surface area is 368 Å². The second-order valence-corrected chi connectivity index (χ2v) is 16.4. The van der Waals surface area contributed by atoms with Crippen LogP contribution in [-0.2, 0) is 22.6 Å². The maximum Gasteiger partial charge on any atom is 0.336 e. The zero-order chi connectivity index (χ0) is 45.3. The molecule has 5 aliphatic rings. The number of fused-ring (bicyclic) bond motifs is 3. The summed E-state index contributed by atoms with van der Waals surface area (Å²) < 4.78 is 30.7. The zero-order valence-electron chi connectivity index (χ0n) is 35.3. The number of carbonyl (C=O) groups is 1. The van der Waals surface area contributed by atoms with Gasteiger partial charge in [0.15, 0.2) is 28.9 Å². The van der Waals surface area contributed by atoms with E-state index in [0.29, 0.717) is 66.3 Å². The number of aromatic hydroxyl groups is 2. The Bertz CT molecular complexity index is 2510. The van der Waals surface area contributed by atoms with Crippen molar-refractivity contribution < 1.29 is 69.6 Å². The summed E-state index contributed by atoms with van der Waals surface area (Å²) in [5, 5.41) is 87.0. The Balaban J connectivity index is 1.15. The number of hydrogen-bond acceptors (Lipinski definition) is 14. The minimum absolute atomic E-state index is 0.0178. The van der Waals surface area contributed by atoms with Crippen LogP contribution in [0.2, 0.25) is 0 Å². The number of unbranched alkanes of at least 4 members (excludes halogenated alkanes) is 2. The molecule has 3 aromatic carbocycles. The highest BCUT2D eigenvalue weighted by Gasteiger charge is 2.71. The van der Waals surface area contributed by atoms with Crippen molar-refractivity contribution in [2.24, 2.45) is 20.9 Å². The largest absolute Gasteiger partial charge is 0.508 e. The number of phenolic OH excluding ortho intramolecular Hbond substituents is 2. The van der Waals surface area contributed by atoms with Crippen LogP contribution < -0.4 is 24.4 Å². The summed E-state index contributed by atoms with van der Waals surface area (Å²) in [5.74, 6) is -3.67. The van der Waals surface area contributed by atoms with E-state index in [2.05, 4.69) is 15.0 Å². The number of amidine groups is 1. The van der Waals surface area contributed by atoms with Crippen molar-refractivity contribution in [3.05, 3.63) is 101 Å². The molecular formula is C47H51N4O13+. The molecule has 8 rings (SSSR count). The number of aliphatic imine (C=N–C) groups is 3. The Kier molecular flexibility index (Phi) is 12.3. The first kappa shape index (κ1) is 44.1. The van der Waals surface area contributed by atoms with Gasteiger partial charge in [-0.15, -0.1) is 0 Å². The molecule has 9 N–H and O–H groups in total. The molecule has 0 saturated carbocycles. The van der Waals surface area contributed by atoms with E-state index in [1.807, 2.05) is 19.9 Å². The fourth-order valence-corrected chi connectivity index (χ4v) is 8.85. The van der Waals surface area contributed by atoms with Crippen LogP contribution in [0.1, 0.15) is 74.3 Å². The summed E-state index contributed by atoms with van der Waals surface area (Å²) in [6, 6.07) is 13.1. The van der Waals surface area contributed by atoms with Gasteiger partial charge >= 0.3 is 11.8 Å². The van der Waals surface area contributed by atoms with Crippen molar-refractivity contribution in [3.8, 4) is 34.5 Å². The molecule has 0 aromatic heterocycles. The number of phenols is 2. The highest BCUT2D eigenvalue weighted by Crippen LogP contribution is 2.54. The van der Waals surface area contributed by atoms with Gasteiger partial charge in [0.2, 0.25) is 12.0 Å². The fraction of sp³-hybridized carbons (Fsp3) is 0.383. The third-order valence-electron chi connectivity index (χ3n) is 12.0. The Morgan fingerprint density at radius 1 is 0.984 bits per heavy atom. The fourth-order valence-electron chi connectivity index (χ4n) is 8.85. The first-order valence-electron chi connectivity index (χ1n) is 21.2. The van der Waals surface area contributed by atoms with Gasteiger partial charge in [-0.2, -0.15) is 0 Å². The second kappa shape index (κ2) is 17.9. The highest BCUT2D eigenvalue weighted by molar-refractivity contribution is 6.13. The molecule has 17 heteroatoms. The molecule has 0 radical (unpaired) electrons. The molecule has 1 aliphatic carbocycles. The number of nitrogens with two attached hydrogens (primary N) is 1. The number of benzene rings is 3. The Hall–Kier alpha value is -6.53. The smallest absolute Gasteiger partial charge is 0.336 e. The molecule has 7 atom stereocenters. The van der Waals surface area contributed by atoms with E-state index in [4.69, 9.17) is 29.1 Å². The van der Waals surface area contributed by atoms with Gasteiger partial charge in [0.1, 0.15) is 59.3 Å². The number of carboxylic acids is 1. The molecule has 0 amide bonds. The first-order chi connectivity index (χ1) is 30.7.